The molecule has 0 radical (unpaired) electrons. The number of nitrogens with zero attached hydrogens (tertiary/aromatic N) is 2. The third kappa shape index (κ3) is 2.09. The second kappa shape index (κ2) is 4.64. The van der Waals surface area contributed by atoms with Gasteiger partial charge in [-0.25, -0.2) is 4.79 Å². The molecular formula is C12H17N3O4. The molecule has 0 aromatic heterocycles. The summed E-state index contributed by atoms with van der Waals surface area (Å²) in [5, 5.41) is 2.15. The lowest BCUT2D eigenvalue weighted by molar-refractivity contribution is -0.148. The molecule has 0 atom stereocenters. The molecule has 1 aliphatic heterocycles. The van der Waals surface area contributed by atoms with Crippen LogP contribution in [0.15, 0.2) is 0 Å². The Morgan fingerprint density at radius 3 is 2.32 bits per heavy atom. The van der Waals surface area contributed by atoms with Crippen molar-refractivity contribution in [1.29, 1.82) is 0 Å². The SMILES string of the molecule is CCN(CC)C(=O)CN1C(=O)NC(=O)C2(CC2)C1=O. The van der Waals surface area contributed by atoms with Gasteiger partial charge in [0.2, 0.25) is 17.7 Å². The van der Waals surface area contributed by atoms with E-state index in [0.717, 1.165) is 4.90 Å². The fourth-order valence-electron chi connectivity index (χ4n) is 2.25. The summed E-state index contributed by atoms with van der Waals surface area (Å²) >= 11 is 0. The van der Waals surface area contributed by atoms with Gasteiger partial charge < -0.3 is 4.90 Å². The first-order chi connectivity index (χ1) is 8.96. The molecule has 104 valence electrons. The zero-order chi connectivity index (χ0) is 14.2. The van der Waals surface area contributed by atoms with Crippen molar-refractivity contribution in [2.45, 2.75) is 26.7 Å². The number of barbiturate groups is 1. The van der Waals surface area contributed by atoms with Crippen molar-refractivity contribution in [2.75, 3.05) is 19.6 Å². The van der Waals surface area contributed by atoms with E-state index in [9.17, 15) is 19.2 Å². The first kappa shape index (κ1) is 13.5. The quantitative estimate of drug-likeness (QED) is 0.709. The molecule has 0 aromatic rings. The number of hydrogen-bond acceptors (Lipinski definition) is 4. The van der Waals surface area contributed by atoms with Crippen molar-refractivity contribution < 1.29 is 19.2 Å². The maximum atomic E-state index is 12.1. The van der Waals surface area contributed by atoms with Crippen LogP contribution in [0.4, 0.5) is 4.79 Å². The van der Waals surface area contributed by atoms with E-state index in [2.05, 4.69) is 5.32 Å². The Hall–Kier alpha value is -1.92. The van der Waals surface area contributed by atoms with E-state index in [0.29, 0.717) is 25.9 Å². The summed E-state index contributed by atoms with van der Waals surface area (Å²) in [6.07, 6.45) is 0.891. The molecule has 2 fully saturated rings. The number of urea groups is 1. The van der Waals surface area contributed by atoms with Crippen LogP contribution in [0.25, 0.3) is 0 Å². The highest BCUT2D eigenvalue weighted by Gasteiger charge is 2.62. The molecule has 7 heteroatoms. The van der Waals surface area contributed by atoms with E-state index in [1.165, 1.54) is 4.90 Å². The predicted octanol–water partition coefficient (Wildman–Crippen LogP) is -0.287. The van der Waals surface area contributed by atoms with Crippen molar-refractivity contribution >= 4 is 23.8 Å². The summed E-state index contributed by atoms with van der Waals surface area (Å²) in [6, 6.07) is -0.798. The third-order valence-corrected chi connectivity index (χ3v) is 3.71. The molecule has 0 unspecified atom stereocenters. The molecular weight excluding hydrogens is 250 g/mol. The van der Waals surface area contributed by atoms with Crippen LogP contribution in [0, 0.1) is 5.41 Å². The van der Waals surface area contributed by atoms with Crippen LogP contribution >= 0.6 is 0 Å². The molecule has 7 nitrogen and oxygen atoms in total. The standard InChI is InChI=1S/C12H17N3O4/c1-3-14(4-2)8(16)7-15-10(18)12(5-6-12)9(17)13-11(15)19/h3-7H2,1-2H3,(H,13,17,19). The minimum absolute atomic E-state index is 0.293. The summed E-state index contributed by atoms with van der Waals surface area (Å²) in [5.74, 6) is -1.37. The minimum atomic E-state index is -1.09. The van der Waals surface area contributed by atoms with E-state index >= 15 is 0 Å². The van der Waals surface area contributed by atoms with Gasteiger partial charge in [-0.1, -0.05) is 0 Å². The van der Waals surface area contributed by atoms with Gasteiger partial charge in [0.25, 0.3) is 0 Å². The molecule has 2 aliphatic rings. The van der Waals surface area contributed by atoms with Gasteiger partial charge >= 0.3 is 6.03 Å². The second-order valence-electron chi connectivity index (χ2n) is 4.80. The fourth-order valence-corrected chi connectivity index (χ4v) is 2.25. The number of carbonyl (C=O) groups is 4. The Labute approximate surface area is 110 Å². The highest BCUT2D eigenvalue weighted by atomic mass is 16.2. The maximum absolute atomic E-state index is 12.1. The first-order valence-electron chi connectivity index (χ1n) is 6.41. The number of imide groups is 2. The summed E-state index contributed by atoms with van der Waals surface area (Å²) < 4.78 is 0. The monoisotopic (exact) mass is 267 g/mol. The molecule has 5 amide bonds. The molecule has 1 aliphatic carbocycles. The average Bonchev–Trinajstić information content (AvgIpc) is 3.16. The van der Waals surface area contributed by atoms with Crippen LogP contribution < -0.4 is 5.32 Å². The first-order valence-corrected chi connectivity index (χ1v) is 6.41. The molecule has 1 N–H and O–H groups in total. The highest BCUT2D eigenvalue weighted by molar-refractivity contribution is 6.21. The fraction of sp³-hybridized carbons (Fsp3) is 0.667. The van der Waals surface area contributed by atoms with Gasteiger partial charge in [0, 0.05) is 13.1 Å². The number of carbonyl (C=O) groups excluding carboxylic acids is 4. The molecule has 19 heavy (non-hydrogen) atoms. The van der Waals surface area contributed by atoms with Crippen LogP contribution in [0.1, 0.15) is 26.7 Å². The molecule has 0 bridgehead atoms. The predicted molar refractivity (Wildman–Crippen MR) is 64.8 cm³/mol. The van der Waals surface area contributed by atoms with Crippen LogP contribution in [0.5, 0.6) is 0 Å². The number of hydrogen-bond donors (Lipinski definition) is 1. The van der Waals surface area contributed by atoms with Crippen LogP contribution in [0.3, 0.4) is 0 Å². The summed E-state index contributed by atoms with van der Waals surface area (Å²) in [5.41, 5.74) is -1.09. The zero-order valence-electron chi connectivity index (χ0n) is 11.1. The summed E-state index contributed by atoms with van der Waals surface area (Å²) in [6.45, 7) is 4.38. The number of amides is 5. The van der Waals surface area contributed by atoms with Gasteiger partial charge in [-0.05, 0) is 26.7 Å². The Morgan fingerprint density at radius 2 is 1.84 bits per heavy atom. The molecule has 2 rings (SSSR count). The van der Waals surface area contributed by atoms with E-state index in [4.69, 9.17) is 0 Å². The molecule has 1 saturated heterocycles. The maximum Gasteiger partial charge on any atom is 0.331 e. The Bertz CT molecular complexity index is 452. The van der Waals surface area contributed by atoms with Crippen molar-refractivity contribution in [3.05, 3.63) is 0 Å². The molecule has 1 saturated carbocycles. The van der Waals surface area contributed by atoms with E-state index < -0.39 is 23.3 Å². The Kier molecular flexibility index (Phi) is 3.30. The van der Waals surface area contributed by atoms with Crippen molar-refractivity contribution in [3.8, 4) is 0 Å². The number of likely N-dealkylation sites (N-methyl/N-ethyl adjacent to an activating group) is 1. The zero-order valence-corrected chi connectivity index (χ0v) is 11.1. The van der Waals surface area contributed by atoms with Gasteiger partial charge in [-0.15, -0.1) is 0 Å². The second-order valence-corrected chi connectivity index (χ2v) is 4.80. The lowest BCUT2D eigenvalue weighted by atomic mass is 10.0. The van der Waals surface area contributed by atoms with E-state index in [1.54, 1.807) is 0 Å². The largest absolute Gasteiger partial charge is 0.342 e. The van der Waals surface area contributed by atoms with Crippen LogP contribution in [0.2, 0.25) is 0 Å². The van der Waals surface area contributed by atoms with Gasteiger partial charge in [0.05, 0.1) is 0 Å². The Balaban J connectivity index is 2.11. The van der Waals surface area contributed by atoms with Crippen LogP contribution in [-0.4, -0.2) is 53.2 Å². The third-order valence-electron chi connectivity index (χ3n) is 3.71. The molecule has 1 spiro atoms. The van der Waals surface area contributed by atoms with Crippen LogP contribution in [-0.2, 0) is 14.4 Å². The van der Waals surface area contributed by atoms with Gasteiger partial charge in [0.15, 0.2) is 0 Å². The van der Waals surface area contributed by atoms with E-state index in [-0.39, 0.29) is 12.5 Å². The van der Waals surface area contributed by atoms with E-state index in [1.807, 2.05) is 13.8 Å². The lowest BCUT2D eigenvalue weighted by Crippen LogP contribution is -2.61. The van der Waals surface area contributed by atoms with Gasteiger partial charge in [0.1, 0.15) is 12.0 Å². The molecule has 0 aromatic carbocycles. The van der Waals surface area contributed by atoms with Crippen molar-refractivity contribution in [2.24, 2.45) is 5.41 Å². The lowest BCUT2D eigenvalue weighted by Gasteiger charge is -2.31. The van der Waals surface area contributed by atoms with Crippen molar-refractivity contribution in [1.82, 2.24) is 15.1 Å². The Morgan fingerprint density at radius 1 is 1.26 bits per heavy atom. The smallest absolute Gasteiger partial charge is 0.331 e. The number of rotatable bonds is 4. The summed E-state index contributed by atoms with van der Waals surface area (Å²) in [7, 11) is 0. The summed E-state index contributed by atoms with van der Waals surface area (Å²) in [4.78, 5) is 49.7. The number of nitrogens with one attached hydrogen (secondary N) is 1. The minimum Gasteiger partial charge on any atom is -0.342 e. The molecule has 1 heterocycles. The topological polar surface area (TPSA) is 86.8 Å². The van der Waals surface area contributed by atoms with Gasteiger partial charge in [-0.2, -0.15) is 0 Å². The average molecular weight is 267 g/mol. The van der Waals surface area contributed by atoms with Gasteiger partial charge in [-0.3, -0.25) is 24.6 Å². The normalized spacial score (nSPS) is 20.5. The van der Waals surface area contributed by atoms with Crippen molar-refractivity contribution in [3.63, 3.8) is 0 Å². The highest BCUT2D eigenvalue weighted by Crippen LogP contribution is 2.48.